The number of tetrazole rings is 1. The van der Waals surface area contributed by atoms with Gasteiger partial charge in [-0.3, -0.25) is 4.68 Å². The second-order valence-corrected chi connectivity index (χ2v) is 4.98. The minimum Gasteiger partial charge on any atom is -0.399 e. The van der Waals surface area contributed by atoms with Crippen molar-refractivity contribution in [3.63, 3.8) is 0 Å². The zero-order valence-electron chi connectivity index (χ0n) is 12.3. The number of benzene rings is 1. The van der Waals surface area contributed by atoms with Crippen molar-refractivity contribution in [1.82, 2.24) is 30.0 Å². The lowest BCUT2D eigenvalue weighted by Gasteiger charge is -2.07. The third-order valence-electron chi connectivity index (χ3n) is 3.42. The molecule has 3 aromatic rings. The normalized spacial score (nSPS) is 11.0. The summed E-state index contributed by atoms with van der Waals surface area (Å²) in [7, 11) is 1.89. The topological polar surface area (TPSA) is 87.4 Å². The molecule has 0 unspecified atom stereocenters. The van der Waals surface area contributed by atoms with Crippen molar-refractivity contribution < 1.29 is 0 Å². The van der Waals surface area contributed by atoms with Crippen molar-refractivity contribution in [2.45, 2.75) is 20.3 Å². The smallest absolute Gasteiger partial charge is 0.187 e. The summed E-state index contributed by atoms with van der Waals surface area (Å²) in [5.41, 5.74) is 10.4. The van der Waals surface area contributed by atoms with Gasteiger partial charge in [0.2, 0.25) is 0 Å². The Labute approximate surface area is 122 Å². The molecule has 7 nitrogen and oxygen atoms in total. The van der Waals surface area contributed by atoms with E-state index in [-0.39, 0.29) is 0 Å². The fourth-order valence-corrected chi connectivity index (χ4v) is 2.35. The zero-order chi connectivity index (χ0) is 15.0. The van der Waals surface area contributed by atoms with E-state index in [9.17, 15) is 0 Å². The number of anilines is 1. The maximum Gasteiger partial charge on any atom is 0.187 e. The molecule has 1 aromatic carbocycles. The number of nitrogens with two attached hydrogens (primary N) is 1. The fraction of sp³-hybridized carbons (Fsp3) is 0.286. The van der Waals surface area contributed by atoms with Crippen LogP contribution in [-0.2, 0) is 13.5 Å². The Morgan fingerprint density at radius 2 is 2.10 bits per heavy atom. The SMILES string of the molecule is CCc1nn(C)cc1-n1nnnc1-c1cc(N)ccc1C. The molecule has 7 heteroatoms. The molecule has 21 heavy (non-hydrogen) atoms. The molecular formula is C14H17N7. The van der Waals surface area contributed by atoms with E-state index in [1.807, 2.05) is 38.4 Å². The predicted octanol–water partition coefficient (Wildman–Crippen LogP) is 1.52. The lowest BCUT2D eigenvalue weighted by molar-refractivity contribution is 0.746. The molecule has 0 spiro atoms. The first-order valence-corrected chi connectivity index (χ1v) is 6.78. The third-order valence-corrected chi connectivity index (χ3v) is 3.42. The van der Waals surface area contributed by atoms with Gasteiger partial charge in [-0.2, -0.15) is 9.78 Å². The Balaban J connectivity index is 2.19. The summed E-state index contributed by atoms with van der Waals surface area (Å²) >= 11 is 0. The Bertz CT molecular complexity index is 784. The van der Waals surface area contributed by atoms with Crippen LogP contribution in [0.3, 0.4) is 0 Å². The second-order valence-electron chi connectivity index (χ2n) is 4.98. The summed E-state index contributed by atoms with van der Waals surface area (Å²) in [4.78, 5) is 0. The van der Waals surface area contributed by atoms with E-state index >= 15 is 0 Å². The van der Waals surface area contributed by atoms with Gasteiger partial charge in [0.1, 0.15) is 5.69 Å². The summed E-state index contributed by atoms with van der Waals surface area (Å²) in [6, 6.07) is 5.72. The van der Waals surface area contributed by atoms with Gasteiger partial charge < -0.3 is 5.73 Å². The minimum atomic E-state index is 0.669. The number of nitrogens with zero attached hydrogens (tertiary/aromatic N) is 6. The first-order chi connectivity index (χ1) is 10.1. The second kappa shape index (κ2) is 5.01. The monoisotopic (exact) mass is 283 g/mol. The van der Waals surface area contributed by atoms with E-state index in [0.717, 1.165) is 28.9 Å². The maximum absolute atomic E-state index is 5.89. The molecule has 0 aliphatic heterocycles. The average molecular weight is 283 g/mol. The van der Waals surface area contributed by atoms with Gasteiger partial charge in [0.25, 0.3) is 0 Å². The molecule has 0 aliphatic carbocycles. The van der Waals surface area contributed by atoms with Crippen LogP contribution in [0.15, 0.2) is 24.4 Å². The Morgan fingerprint density at radius 1 is 1.29 bits per heavy atom. The average Bonchev–Trinajstić information content (AvgIpc) is 3.07. The number of rotatable bonds is 3. The molecule has 0 radical (unpaired) electrons. The summed E-state index contributed by atoms with van der Waals surface area (Å²) < 4.78 is 3.49. The van der Waals surface area contributed by atoms with Crippen molar-refractivity contribution in [1.29, 1.82) is 0 Å². The molecule has 0 amide bonds. The maximum atomic E-state index is 5.89. The lowest BCUT2D eigenvalue weighted by Crippen LogP contribution is -2.03. The number of nitrogen functional groups attached to an aromatic ring is 1. The van der Waals surface area contributed by atoms with Crippen molar-refractivity contribution in [3.05, 3.63) is 35.7 Å². The van der Waals surface area contributed by atoms with Gasteiger partial charge in [-0.1, -0.05) is 13.0 Å². The molecule has 2 aromatic heterocycles. The minimum absolute atomic E-state index is 0.669. The standard InChI is InChI=1S/C14H17N7/c1-4-12-13(8-20(3)17-12)21-14(16-18-19-21)11-7-10(15)6-5-9(11)2/h5-8H,4,15H2,1-3H3. The van der Waals surface area contributed by atoms with Crippen LogP contribution in [0.1, 0.15) is 18.2 Å². The number of aryl methyl sites for hydroxylation is 3. The summed E-state index contributed by atoms with van der Waals surface area (Å²) in [6.45, 7) is 4.07. The fourth-order valence-electron chi connectivity index (χ4n) is 2.35. The van der Waals surface area contributed by atoms with E-state index in [1.54, 1.807) is 9.36 Å². The van der Waals surface area contributed by atoms with Crippen LogP contribution in [0.2, 0.25) is 0 Å². The van der Waals surface area contributed by atoms with Crippen LogP contribution in [0.5, 0.6) is 0 Å². The highest BCUT2D eigenvalue weighted by molar-refractivity contribution is 5.66. The van der Waals surface area contributed by atoms with Gasteiger partial charge in [0, 0.05) is 18.3 Å². The predicted molar refractivity (Wildman–Crippen MR) is 79.9 cm³/mol. The van der Waals surface area contributed by atoms with Gasteiger partial charge in [-0.15, -0.1) is 5.10 Å². The van der Waals surface area contributed by atoms with E-state index in [0.29, 0.717) is 11.5 Å². The lowest BCUT2D eigenvalue weighted by atomic mass is 10.1. The summed E-state index contributed by atoms with van der Waals surface area (Å²) in [6.07, 6.45) is 2.73. The van der Waals surface area contributed by atoms with Gasteiger partial charge in [0.15, 0.2) is 5.82 Å². The van der Waals surface area contributed by atoms with Crippen LogP contribution >= 0.6 is 0 Å². The molecule has 0 saturated carbocycles. The number of hydrogen-bond acceptors (Lipinski definition) is 5. The van der Waals surface area contributed by atoms with Crippen LogP contribution in [0.4, 0.5) is 5.69 Å². The first-order valence-electron chi connectivity index (χ1n) is 6.78. The molecule has 0 saturated heterocycles. The van der Waals surface area contributed by atoms with E-state index in [1.165, 1.54) is 0 Å². The molecule has 2 N–H and O–H groups in total. The van der Waals surface area contributed by atoms with Gasteiger partial charge in [-0.05, 0) is 41.5 Å². The highest BCUT2D eigenvalue weighted by Gasteiger charge is 2.17. The molecule has 0 bridgehead atoms. The molecular weight excluding hydrogens is 266 g/mol. The third kappa shape index (κ3) is 2.26. The van der Waals surface area contributed by atoms with Gasteiger partial charge >= 0.3 is 0 Å². The molecule has 108 valence electrons. The van der Waals surface area contributed by atoms with Crippen LogP contribution in [0.25, 0.3) is 17.1 Å². The highest BCUT2D eigenvalue weighted by Crippen LogP contribution is 2.26. The van der Waals surface area contributed by atoms with E-state index in [4.69, 9.17) is 5.73 Å². The van der Waals surface area contributed by atoms with E-state index < -0.39 is 0 Å². The van der Waals surface area contributed by atoms with Crippen molar-refractivity contribution >= 4 is 5.69 Å². The van der Waals surface area contributed by atoms with Crippen molar-refractivity contribution in [3.8, 4) is 17.1 Å². The van der Waals surface area contributed by atoms with Crippen LogP contribution in [-0.4, -0.2) is 30.0 Å². The Hall–Kier alpha value is -2.70. The largest absolute Gasteiger partial charge is 0.399 e. The molecule has 2 heterocycles. The molecule has 3 rings (SSSR count). The quantitative estimate of drug-likeness (QED) is 0.736. The highest BCUT2D eigenvalue weighted by atomic mass is 15.5. The summed E-state index contributed by atoms with van der Waals surface area (Å²) in [5, 5.41) is 16.5. The van der Waals surface area contributed by atoms with Gasteiger partial charge in [-0.25, -0.2) is 0 Å². The molecule has 0 atom stereocenters. The summed E-state index contributed by atoms with van der Waals surface area (Å²) in [5.74, 6) is 0.669. The Kier molecular flexibility index (Phi) is 3.17. The van der Waals surface area contributed by atoms with Crippen LogP contribution in [0, 0.1) is 6.92 Å². The van der Waals surface area contributed by atoms with Crippen molar-refractivity contribution in [2.75, 3.05) is 5.73 Å². The first kappa shape index (κ1) is 13.3. The molecule has 0 fully saturated rings. The number of aromatic nitrogens is 6. The van der Waals surface area contributed by atoms with Crippen LogP contribution < -0.4 is 5.73 Å². The molecule has 0 aliphatic rings. The van der Waals surface area contributed by atoms with Crippen molar-refractivity contribution in [2.24, 2.45) is 7.05 Å². The zero-order valence-corrected chi connectivity index (χ0v) is 12.3. The van der Waals surface area contributed by atoms with E-state index in [2.05, 4.69) is 27.5 Å². The number of hydrogen-bond donors (Lipinski definition) is 1. The van der Waals surface area contributed by atoms with Gasteiger partial charge in [0.05, 0.1) is 11.9 Å². The Morgan fingerprint density at radius 3 is 2.86 bits per heavy atom.